The van der Waals surface area contributed by atoms with Crippen molar-refractivity contribution in [3.8, 4) is 22.9 Å². The maximum absolute atomic E-state index is 13.0. The first-order valence-corrected chi connectivity index (χ1v) is 9.94. The van der Waals surface area contributed by atoms with Crippen LogP contribution in [0.15, 0.2) is 62.7 Å². The summed E-state index contributed by atoms with van der Waals surface area (Å²) < 4.78 is 34.8. The van der Waals surface area contributed by atoms with Crippen LogP contribution in [0.2, 0.25) is 0 Å². The summed E-state index contributed by atoms with van der Waals surface area (Å²) in [7, 11) is 1.60. The highest BCUT2D eigenvalue weighted by molar-refractivity contribution is 7.98. The molecule has 0 saturated carbocycles. The SMILES string of the molecule is COc1cccc(-c2noc(CSc3nnc(C(C)Oc4ccc(F)cc4)o3)n2)c1. The molecule has 0 saturated heterocycles. The zero-order valence-electron chi connectivity index (χ0n) is 16.1. The Morgan fingerprint density at radius 2 is 1.93 bits per heavy atom. The lowest BCUT2D eigenvalue weighted by atomic mass is 10.2. The molecule has 0 aliphatic rings. The maximum atomic E-state index is 13.0. The van der Waals surface area contributed by atoms with E-state index in [1.165, 1.54) is 36.0 Å². The van der Waals surface area contributed by atoms with Crippen molar-refractivity contribution < 1.29 is 22.8 Å². The summed E-state index contributed by atoms with van der Waals surface area (Å²) in [5.74, 6) is 2.46. The third kappa shape index (κ3) is 4.77. The van der Waals surface area contributed by atoms with Gasteiger partial charge in [0.25, 0.3) is 11.1 Å². The van der Waals surface area contributed by atoms with E-state index in [-0.39, 0.29) is 5.82 Å². The Labute approximate surface area is 175 Å². The highest BCUT2D eigenvalue weighted by atomic mass is 32.2. The molecule has 30 heavy (non-hydrogen) atoms. The van der Waals surface area contributed by atoms with Crippen LogP contribution < -0.4 is 9.47 Å². The zero-order chi connectivity index (χ0) is 20.9. The highest BCUT2D eigenvalue weighted by Crippen LogP contribution is 2.27. The summed E-state index contributed by atoms with van der Waals surface area (Å²) in [6.07, 6.45) is -0.486. The van der Waals surface area contributed by atoms with Gasteiger partial charge in [-0.15, -0.1) is 10.2 Å². The second-order valence-electron chi connectivity index (χ2n) is 6.15. The van der Waals surface area contributed by atoms with Crippen LogP contribution in [0.5, 0.6) is 11.5 Å². The first-order chi connectivity index (χ1) is 14.6. The molecule has 10 heteroatoms. The van der Waals surface area contributed by atoms with Gasteiger partial charge in [0, 0.05) is 5.56 Å². The number of rotatable bonds is 8. The monoisotopic (exact) mass is 428 g/mol. The predicted molar refractivity (Wildman–Crippen MR) is 106 cm³/mol. The van der Waals surface area contributed by atoms with Crippen LogP contribution in [0, 0.1) is 5.82 Å². The molecule has 0 fully saturated rings. The van der Waals surface area contributed by atoms with Gasteiger partial charge in [0.1, 0.15) is 17.3 Å². The molecule has 2 heterocycles. The van der Waals surface area contributed by atoms with Crippen molar-refractivity contribution in [1.29, 1.82) is 0 Å². The van der Waals surface area contributed by atoms with E-state index in [4.69, 9.17) is 18.4 Å². The number of nitrogens with zero attached hydrogens (tertiary/aromatic N) is 4. The second kappa shape index (κ2) is 8.95. The molecule has 0 spiro atoms. The van der Waals surface area contributed by atoms with Crippen LogP contribution in [0.25, 0.3) is 11.4 Å². The largest absolute Gasteiger partial charge is 0.497 e. The number of hydrogen-bond acceptors (Lipinski definition) is 9. The summed E-state index contributed by atoms with van der Waals surface area (Å²) in [5, 5.41) is 12.3. The van der Waals surface area contributed by atoms with Gasteiger partial charge >= 0.3 is 0 Å². The van der Waals surface area contributed by atoms with E-state index in [1.807, 2.05) is 24.3 Å². The summed E-state index contributed by atoms with van der Waals surface area (Å²) >= 11 is 1.27. The molecule has 4 rings (SSSR count). The minimum absolute atomic E-state index is 0.310. The van der Waals surface area contributed by atoms with Crippen molar-refractivity contribution in [1.82, 2.24) is 20.3 Å². The van der Waals surface area contributed by atoms with E-state index in [2.05, 4.69) is 20.3 Å². The normalized spacial score (nSPS) is 12.0. The smallest absolute Gasteiger partial charge is 0.277 e. The number of hydrogen-bond donors (Lipinski definition) is 0. The molecule has 0 radical (unpaired) electrons. The van der Waals surface area contributed by atoms with Gasteiger partial charge in [-0.05, 0) is 43.3 Å². The number of thioether (sulfide) groups is 1. The summed E-state index contributed by atoms with van der Waals surface area (Å²) in [4.78, 5) is 4.38. The molecule has 2 aromatic carbocycles. The van der Waals surface area contributed by atoms with Crippen molar-refractivity contribution in [2.45, 2.75) is 24.0 Å². The first-order valence-electron chi connectivity index (χ1n) is 8.96. The van der Waals surface area contributed by atoms with Gasteiger partial charge in [-0.2, -0.15) is 4.98 Å². The maximum Gasteiger partial charge on any atom is 0.277 e. The fourth-order valence-corrected chi connectivity index (χ4v) is 3.13. The van der Waals surface area contributed by atoms with Crippen LogP contribution in [-0.4, -0.2) is 27.4 Å². The number of aromatic nitrogens is 4. The molecule has 0 aliphatic heterocycles. The molecule has 2 aromatic heterocycles. The van der Waals surface area contributed by atoms with Gasteiger partial charge in [0.15, 0.2) is 6.10 Å². The Balaban J connectivity index is 1.35. The number of benzene rings is 2. The number of methoxy groups -OCH3 is 1. The molecule has 1 unspecified atom stereocenters. The van der Waals surface area contributed by atoms with Crippen LogP contribution >= 0.6 is 11.8 Å². The minimum atomic E-state index is -0.486. The summed E-state index contributed by atoms with van der Waals surface area (Å²) in [6.45, 7) is 1.77. The number of ether oxygens (including phenoxy) is 2. The average Bonchev–Trinajstić information content (AvgIpc) is 3.44. The molecule has 0 N–H and O–H groups in total. The van der Waals surface area contributed by atoms with Crippen LogP contribution in [-0.2, 0) is 5.75 Å². The van der Waals surface area contributed by atoms with Gasteiger partial charge in [0.05, 0.1) is 12.9 Å². The van der Waals surface area contributed by atoms with E-state index in [9.17, 15) is 4.39 Å². The van der Waals surface area contributed by atoms with E-state index in [0.717, 1.165) is 5.56 Å². The van der Waals surface area contributed by atoms with Crippen LogP contribution in [0.4, 0.5) is 4.39 Å². The van der Waals surface area contributed by atoms with E-state index < -0.39 is 6.10 Å². The van der Waals surface area contributed by atoms with Crippen molar-refractivity contribution in [2.75, 3.05) is 7.11 Å². The molecule has 0 aliphatic carbocycles. The fraction of sp³-hybridized carbons (Fsp3) is 0.200. The van der Waals surface area contributed by atoms with Gasteiger partial charge < -0.3 is 18.4 Å². The van der Waals surface area contributed by atoms with Crippen molar-refractivity contribution in [2.24, 2.45) is 0 Å². The standard InChI is InChI=1S/C20H17FN4O4S/c1-12(27-15-8-6-14(21)7-9-15)19-23-24-20(28-19)30-11-17-22-18(25-29-17)13-4-3-5-16(10-13)26-2/h3-10,12H,11H2,1-2H3. The first kappa shape index (κ1) is 19.9. The molecule has 0 amide bonds. The molecule has 8 nitrogen and oxygen atoms in total. The summed E-state index contributed by atoms with van der Waals surface area (Å²) in [6, 6.07) is 13.1. The van der Waals surface area contributed by atoms with E-state index in [1.54, 1.807) is 14.0 Å². The van der Waals surface area contributed by atoms with Gasteiger partial charge in [0.2, 0.25) is 11.7 Å². The quantitative estimate of drug-likeness (QED) is 0.370. The lowest BCUT2D eigenvalue weighted by molar-refractivity contribution is 0.181. The van der Waals surface area contributed by atoms with E-state index >= 15 is 0 Å². The topological polar surface area (TPSA) is 96.3 Å². The average molecular weight is 428 g/mol. The lowest BCUT2D eigenvalue weighted by Gasteiger charge is -2.10. The minimum Gasteiger partial charge on any atom is -0.497 e. The van der Waals surface area contributed by atoms with E-state index in [0.29, 0.717) is 40.1 Å². The molecular weight excluding hydrogens is 411 g/mol. The fourth-order valence-electron chi connectivity index (χ4n) is 2.53. The summed E-state index contributed by atoms with van der Waals surface area (Å²) in [5.41, 5.74) is 0.793. The van der Waals surface area contributed by atoms with Crippen molar-refractivity contribution in [3.63, 3.8) is 0 Å². The predicted octanol–water partition coefficient (Wildman–Crippen LogP) is 4.70. The van der Waals surface area contributed by atoms with Crippen molar-refractivity contribution >= 4 is 11.8 Å². The Bertz CT molecular complexity index is 1120. The lowest BCUT2D eigenvalue weighted by Crippen LogP contribution is -2.03. The highest BCUT2D eigenvalue weighted by Gasteiger charge is 2.17. The zero-order valence-corrected chi connectivity index (χ0v) is 16.9. The third-order valence-corrected chi connectivity index (χ3v) is 4.81. The Hall–Kier alpha value is -3.40. The Kier molecular flexibility index (Phi) is 5.94. The number of halogens is 1. The molecule has 4 aromatic rings. The van der Waals surface area contributed by atoms with Gasteiger partial charge in [-0.1, -0.05) is 29.1 Å². The van der Waals surface area contributed by atoms with Crippen LogP contribution in [0.3, 0.4) is 0 Å². The molecule has 1 atom stereocenters. The third-order valence-electron chi connectivity index (χ3n) is 4.01. The van der Waals surface area contributed by atoms with Gasteiger partial charge in [-0.25, -0.2) is 4.39 Å². The second-order valence-corrected chi connectivity index (χ2v) is 7.08. The Morgan fingerprint density at radius 3 is 2.73 bits per heavy atom. The molecule has 154 valence electrons. The van der Waals surface area contributed by atoms with Crippen LogP contribution in [0.1, 0.15) is 24.8 Å². The molecule has 0 bridgehead atoms. The van der Waals surface area contributed by atoms with Gasteiger partial charge in [-0.3, -0.25) is 0 Å². The Morgan fingerprint density at radius 1 is 1.10 bits per heavy atom. The molecular formula is C20H17FN4O4S. The van der Waals surface area contributed by atoms with Crippen molar-refractivity contribution in [3.05, 3.63) is 66.1 Å².